The molecule has 3 aromatic rings. The molecule has 0 saturated heterocycles. The highest BCUT2D eigenvalue weighted by Gasteiger charge is 2.12. The highest BCUT2D eigenvalue weighted by atomic mass is 35.5. The average molecular weight is 364 g/mol. The lowest BCUT2D eigenvalue weighted by atomic mass is 10.2. The van der Waals surface area contributed by atoms with E-state index in [-0.39, 0.29) is 17.3 Å². The lowest BCUT2D eigenvalue weighted by Gasteiger charge is -2.05. The quantitative estimate of drug-likeness (QED) is 0.734. The van der Waals surface area contributed by atoms with Crippen molar-refractivity contribution in [1.82, 2.24) is 9.78 Å². The van der Waals surface area contributed by atoms with Crippen LogP contribution in [0.4, 0.5) is 10.1 Å². The molecule has 1 heterocycles. The van der Waals surface area contributed by atoms with Gasteiger partial charge >= 0.3 is 0 Å². The number of carbonyl (C=O) groups is 1. The van der Waals surface area contributed by atoms with Crippen LogP contribution < -0.4 is 5.32 Å². The number of nitrogens with zero attached hydrogens (tertiary/aromatic N) is 2. The fraction of sp³-hybridized carbons (Fsp3) is 0.0588. The van der Waals surface area contributed by atoms with Crippen molar-refractivity contribution < 1.29 is 9.18 Å². The van der Waals surface area contributed by atoms with Gasteiger partial charge in [0.25, 0.3) is 5.91 Å². The summed E-state index contributed by atoms with van der Waals surface area (Å²) in [7, 11) is 0. The number of aromatic nitrogens is 2. The largest absolute Gasteiger partial charge is 0.319 e. The van der Waals surface area contributed by atoms with Crippen LogP contribution in [0, 0.1) is 5.82 Å². The number of halogens is 3. The van der Waals surface area contributed by atoms with Gasteiger partial charge in [0.05, 0.1) is 29.0 Å². The zero-order valence-corrected chi connectivity index (χ0v) is 13.9. The maximum absolute atomic E-state index is 12.9. The number of carbonyl (C=O) groups excluding carboxylic acids is 1. The van der Waals surface area contributed by atoms with Crippen molar-refractivity contribution in [2.45, 2.75) is 6.54 Å². The van der Waals surface area contributed by atoms with E-state index in [0.29, 0.717) is 22.3 Å². The maximum Gasteiger partial charge on any atom is 0.257 e. The van der Waals surface area contributed by atoms with E-state index in [2.05, 4.69) is 10.4 Å². The van der Waals surface area contributed by atoms with E-state index >= 15 is 0 Å². The molecule has 1 aromatic heterocycles. The average Bonchev–Trinajstić information content (AvgIpc) is 2.99. The Hall–Kier alpha value is -2.37. The molecule has 0 atom stereocenters. The standard InChI is InChI=1S/C17H12Cl2FN3O/c18-12-3-6-16(19)15(7-12)17(24)22-14-8-21-23(10-14)9-11-1-4-13(20)5-2-11/h1-8,10H,9H2,(H,22,24). The summed E-state index contributed by atoms with van der Waals surface area (Å²) >= 11 is 11.9. The molecule has 24 heavy (non-hydrogen) atoms. The van der Waals surface area contributed by atoms with Gasteiger partial charge in [0, 0.05) is 11.2 Å². The van der Waals surface area contributed by atoms with E-state index < -0.39 is 0 Å². The Labute approximate surface area is 147 Å². The number of rotatable bonds is 4. The molecule has 0 fully saturated rings. The first-order valence-corrected chi connectivity index (χ1v) is 7.80. The van der Waals surface area contributed by atoms with Gasteiger partial charge in [-0.15, -0.1) is 0 Å². The first-order valence-electron chi connectivity index (χ1n) is 7.04. The minimum Gasteiger partial charge on any atom is -0.319 e. The van der Waals surface area contributed by atoms with Gasteiger partial charge in [-0.2, -0.15) is 5.10 Å². The molecule has 1 N–H and O–H groups in total. The molecule has 0 unspecified atom stereocenters. The number of hydrogen-bond donors (Lipinski definition) is 1. The van der Waals surface area contributed by atoms with Crippen LogP contribution >= 0.6 is 23.2 Å². The fourth-order valence-corrected chi connectivity index (χ4v) is 2.54. The molecule has 0 aliphatic carbocycles. The van der Waals surface area contributed by atoms with Crippen LogP contribution in [-0.2, 0) is 6.54 Å². The molecule has 1 amide bonds. The molecule has 122 valence electrons. The third-order valence-corrected chi connectivity index (χ3v) is 3.89. The summed E-state index contributed by atoms with van der Waals surface area (Å²) in [6, 6.07) is 10.8. The zero-order valence-electron chi connectivity index (χ0n) is 12.3. The normalized spacial score (nSPS) is 10.6. The van der Waals surface area contributed by atoms with Crippen LogP contribution in [0.25, 0.3) is 0 Å². The molecule has 0 aliphatic rings. The van der Waals surface area contributed by atoms with Gasteiger partial charge in [-0.1, -0.05) is 35.3 Å². The molecule has 2 aromatic carbocycles. The van der Waals surface area contributed by atoms with E-state index in [1.165, 1.54) is 24.4 Å². The Balaban J connectivity index is 1.70. The van der Waals surface area contributed by atoms with E-state index in [1.54, 1.807) is 35.1 Å². The highest BCUT2D eigenvalue weighted by Crippen LogP contribution is 2.21. The van der Waals surface area contributed by atoms with E-state index in [4.69, 9.17) is 23.2 Å². The summed E-state index contributed by atoms with van der Waals surface area (Å²) in [6.07, 6.45) is 3.21. The van der Waals surface area contributed by atoms with Gasteiger partial charge in [0.2, 0.25) is 0 Å². The van der Waals surface area contributed by atoms with Gasteiger partial charge in [-0.05, 0) is 35.9 Å². The summed E-state index contributed by atoms with van der Waals surface area (Å²) in [4.78, 5) is 12.3. The molecule has 7 heteroatoms. The van der Waals surface area contributed by atoms with Crippen molar-refractivity contribution in [1.29, 1.82) is 0 Å². The number of nitrogens with one attached hydrogen (secondary N) is 1. The second-order valence-electron chi connectivity index (χ2n) is 5.13. The van der Waals surface area contributed by atoms with Crippen LogP contribution in [0.5, 0.6) is 0 Å². The minimum atomic E-state index is -0.371. The predicted octanol–water partition coefficient (Wildman–Crippen LogP) is 4.63. The molecule has 0 aliphatic heterocycles. The lowest BCUT2D eigenvalue weighted by Crippen LogP contribution is -2.12. The molecule has 0 radical (unpaired) electrons. The molecule has 4 nitrogen and oxygen atoms in total. The minimum absolute atomic E-state index is 0.287. The Morgan fingerprint density at radius 3 is 2.67 bits per heavy atom. The molecule has 0 bridgehead atoms. The van der Waals surface area contributed by atoms with Crippen molar-refractivity contribution in [2.24, 2.45) is 0 Å². The molecule has 0 saturated carbocycles. The Kier molecular flexibility index (Phi) is 4.83. The fourth-order valence-electron chi connectivity index (χ4n) is 2.16. The first-order chi connectivity index (χ1) is 11.5. The van der Waals surface area contributed by atoms with Crippen molar-refractivity contribution in [2.75, 3.05) is 5.32 Å². The molecule has 0 spiro atoms. The monoisotopic (exact) mass is 363 g/mol. The summed E-state index contributed by atoms with van der Waals surface area (Å²) in [5.74, 6) is -0.658. The van der Waals surface area contributed by atoms with Crippen LogP contribution in [0.1, 0.15) is 15.9 Å². The lowest BCUT2D eigenvalue weighted by molar-refractivity contribution is 0.102. The zero-order chi connectivity index (χ0) is 17.1. The number of amides is 1. The third-order valence-electron chi connectivity index (χ3n) is 3.32. The van der Waals surface area contributed by atoms with E-state index in [9.17, 15) is 9.18 Å². The van der Waals surface area contributed by atoms with Gasteiger partial charge in [-0.25, -0.2) is 4.39 Å². The van der Waals surface area contributed by atoms with Crippen molar-refractivity contribution in [3.05, 3.63) is 81.8 Å². The summed E-state index contributed by atoms with van der Waals surface area (Å²) < 4.78 is 14.5. The van der Waals surface area contributed by atoms with E-state index in [1.807, 2.05) is 0 Å². The molecule has 3 rings (SSSR count). The highest BCUT2D eigenvalue weighted by molar-refractivity contribution is 6.36. The maximum atomic E-state index is 12.9. The van der Waals surface area contributed by atoms with Gasteiger partial charge < -0.3 is 5.32 Å². The molecular formula is C17H12Cl2FN3O. The van der Waals surface area contributed by atoms with Crippen LogP contribution in [-0.4, -0.2) is 15.7 Å². The van der Waals surface area contributed by atoms with Crippen LogP contribution in [0.2, 0.25) is 10.0 Å². The number of hydrogen-bond acceptors (Lipinski definition) is 2. The van der Waals surface area contributed by atoms with Crippen LogP contribution in [0.3, 0.4) is 0 Å². The Morgan fingerprint density at radius 2 is 1.92 bits per heavy atom. The van der Waals surface area contributed by atoms with Crippen LogP contribution in [0.15, 0.2) is 54.9 Å². The second-order valence-corrected chi connectivity index (χ2v) is 5.97. The van der Waals surface area contributed by atoms with E-state index in [0.717, 1.165) is 5.56 Å². The predicted molar refractivity (Wildman–Crippen MR) is 92.1 cm³/mol. The topological polar surface area (TPSA) is 46.9 Å². The van der Waals surface area contributed by atoms with Crippen molar-refractivity contribution in [3.8, 4) is 0 Å². The number of benzene rings is 2. The smallest absolute Gasteiger partial charge is 0.257 e. The summed E-state index contributed by atoms with van der Waals surface area (Å²) in [6.45, 7) is 0.466. The summed E-state index contributed by atoms with van der Waals surface area (Å²) in [5, 5.41) is 7.63. The van der Waals surface area contributed by atoms with Gasteiger partial charge in [0.15, 0.2) is 0 Å². The van der Waals surface area contributed by atoms with Crippen molar-refractivity contribution in [3.63, 3.8) is 0 Å². The third kappa shape index (κ3) is 3.93. The second kappa shape index (κ2) is 7.03. The first kappa shape index (κ1) is 16.5. The molecular weight excluding hydrogens is 352 g/mol. The van der Waals surface area contributed by atoms with Gasteiger partial charge in [0.1, 0.15) is 5.82 Å². The summed E-state index contributed by atoms with van der Waals surface area (Å²) in [5.41, 5.74) is 1.71. The SMILES string of the molecule is O=C(Nc1cnn(Cc2ccc(F)cc2)c1)c1cc(Cl)ccc1Cl. The van der Waals surface area contributed by atoms with Gasteiger partial charge in [-0.3, -0.25) is 9.48 Å². The Bertz CT molecular complexity index is 878. The number of anilines is 1. The Morgan fingerprint density at radius 1 is 1.17 bits per heavy atom. The van der Waals surface area contributed by atoms with Crippen molar-refractivity contribution >= 4 is 34.8 Å².